The van der Waals surface area contributed by atoms with Crippen LogP contribution < -0.4 is 4.74 Å². The number of hydrogen-bond acceptors (Lipinski definition) is 2. The van der Waals surface area contributed by atoms with Crippen molar-refractivity contribution >= 4 is 11.6 Å². The first-order valence-corrected chi connectivity index (χ1v) is 6.41. The van der Waals surface area contributed by atoms with E-state index < -0.39 is 0 Å². The monoisotopic (exact) mass is 261 g/mol. The Morgan fingerprint density at radius 2 is 1.83 bits per heavy atom. The highest BCUT2D eigenvalue weighted by Crippen LogP contribution is 2.30. The highest BCUT2D eigenvalue weighted by molar-refractivity contribution is 6.16. The van der Waals surface area contributed by atoms with Gasteiger partial charge in [-0.1, -0.05) is 12.1 Å². The van der Waals surface area contributed by atoms with Crippen LogP contribution in [0.4, 0.5) is 0 Å². The van der Waals surface area contributed by atoms with Gasteiger partial charge < -0.3 is 4.74 Å². The minimum absolute atomic E-state index is 0.392. The van der Waals surface area contributed by atoms with Crippen molar-refractivity contribution in [2.24, 2.45) is 0 Å². The fraction of sp³-hybridized carbons (Fsp3) is 0.267. The van der Waals surface area contributed by atoms with Gasteiger partial charge in [-0.25, -0.2) is 0 Å². The number of alkyl halides is 1. The van der Waals surface area contributed by atoms with Crippen LogP contribution >= 0.6 is 11.6 Å². The Kier molecular flexibility index (Phi) is 3.87. The predicted octanol–water partition coefficient (Wildman–Crippen LogP) is 4.54. The third kappa shape index (κ3) is 2.65. The number of halogens is 1. The SMILES string of the molecule is Cc1ccc(C)c(Oc2ccnc(CCl)c2)c1C. The lowest BCUT2D eigenvalue weighted by molar-refractivity contribution is 0.473. The summed E-state index contributed by atoms with van der Waals surface area (Å²) in [7, 11) is 0. The minimum atomic E-state index is 0.392. The summed E-state index contributed by atoms with van der Waals surface area (Å²) in [6.07, 6.45) is 1.72. The van der Waals surface area contributed by atoms with Crippen LogP contribution in [0.5, 0.6) is 11.5 Å². The maximum atomic E-state index is 5.96. The largest absolute Gasteiger partial charge is 0.457 e. The molecule has 0 aliphatic heterocycles. The van der Waals surface area contributed by atoms with Gasteiger partial charge in [-0.3, -0.25) is 4.98 Å². The van der Waals surface area contributed by atoms with Crippen LogP contribution in [-0.4, -0.2) is 4.98 Å². The zero-order valence-corrected chi connectivity index (χ0v) is 11.6. The van der Waals surface area contributed by atoms with Crippen molar-refractivity contribution in [3.63, 3.8) is 0 Å². The molecule has 0 fully saturated rings. The molecule has 0 amide bonds. The highest BCUT2D eigenvalue weighted by Gasteiger charge is 2.08. The van der Waals surface area contributed by atoms with E-state index in [1.54, 1.807) is 6.20 Å². The van der Waals surface area contributed by atoms with Crippen LogP contribution in [0.3, 0.4) is 0 Å². The van der Waals surface area contributed by atoms with Gasteiger partial charge in [-0.2, -0.15) is 0 Å². The van der Waals surface area contributed by atoms with Gasteiger partial charge >= 0.3 is 0 Å². The normalized spacial score (nSPS) is 10.4. The Balaban J connectivity index is 2.36. The first kappa shape index (κ1) is 12.9. The van der Waals surface area contributed by atoms with E-state index in [0.29, 0.717) is 5.88 Å². The lowest BCUT2D eigenvalue weighted by Gasteiger charge is -2.13. The van der Waals surface area contributed by atoms with Crippen LogP contribution in [0.25, 0.3) is 0 Å². The zero-order valence-electron chi connectivity index (χ0n) is 10.8. The van der Waals surface area contributed by atoms with Gasteiger partial charge in [0.1, 0.15) is 11.5 Å². The molecular weight excluding hydrogens is 246 g/mol. The van der Waals surface area contributed by atoms with Crippen molar-refractivity contribution in [2.75, 3.05) is 0 Å². The molecule has 0 unspecified atom stereocenters. The van der Waals surface area contributed by atoms with Gasteiger partial charge in [0, 0.05) is 12.3 Å². The molecule has 0 spiro atoms. The second-order valence-corrected chi connectivity index (χ2v) is 4.64. The van der Waals surface area contributed by atoms with Crippen LogP contribution in [0, 0.1) is 20.8 Å². The molecule has 0 bridgehead atoms. The number of hydrogen-bond donors (Lipinski definition) is 0. The third-order valence-electron chi connectivity index (χ3n) is 3.02. The number of rotatable bonds is 3. The molecule has 0 aliphatic rings. The van der Waals surface area contributed by atoms with E-state index in [0.717, 1.165) is 22.8 Å². The Hall–Kier alpha value is -1.54. The van der Waals surface area contributed by atoms with Crippen molar-refractivity contribution in [3.8, 4) is 11.5 Å². The van der Waals surface area contributed by atoms with Crippen molar-refractivity contribution in [3.05, 3.63) is 52.8 Å². The van der Waals surface area contributed by atoms with Crippen molar-refractivity contribution < 1.29 is 4.74 Å². The van der Waals surface area contributed by atoms with Crippen LogP contribution in [0.2, 0.25) is 0 Å². The molecule has 2 nitrogen and oxygen atoms in total. The number of aromatic nitrogens is 1. The summed E-state index contributed by atoms with van der Waals surface area (Å²) < 4.78 is 5.96. The lowest BCUT2D eigenvalue weighted by Crippen LogP contribution is -1.94. The molecule has 1 aromatic carbocycles. The lowest BCUT2D eigenvalue weighted by atomic mass is 10.1. The number of pyridine rings is 1. The van der Waals surface area contributed by atoms with Gasteiger partial charge in [0.05, 0.1) is 11.6 Å². The van der Waals surface area contributed by atoms with Crippen molar-refractivity contribution in [1.29, 1.82) is 0 Å². The summed E-state index contributed by atoms with van der Waals surface area (Å²) in [4.78, 5) is 4.15. The molecule has 0 saturated heterocycles. The molecule has 1 heterocycles. The fourth-order valence-electron chi connectivity index (χ4n) is 1.79. The number of benzene rings is 1. The molecular formula is C15H16ClNO. The quantitative estimate of drug-likeness (QED) is 0.757. The molecule has 0 aliphatic carbocycles. The Morgan fingerprint density at radius 3 is 2.56 bits per heavy atom. The van der Waals surface area contributed by atoms with Crippen molar-refractivity contribution in [1.82, 2.24) is 4.98 Å². The molecule has 1 aromatic heterocycles. The molecule has 94 valence electrons. The summed E-state index contributed by atoms with van der Waals surface area (Å²) in [5.74, 6) is 2.09. The van der Waals surface area contributed by atoms with E-state index in [2.05, 4.69) is 31.0 Å². The Morgan fingerprint density at radius 1 is 1.11 bits per heavy atom. The maximum Gasteiger partial charge on any atom is 0.133 e. The first-order valence-electron chi connectivity index (χ1n) is 5.87. The minimum Gasteiger partial charge on any atom is -0.457 e. The van der Waals surface area contributed by atoms with E-state index in [1.165, 1.54) is 11.1 Å². The van der Waals surface area contributed by atoms with Gasteiger partial charge in [0.25, 0.3) is 0 Å². The summed E-state index contributed by atoms with van der Waals surface area (Å²) >= 11 is 5.77. The van der Waals surface area contributed by atoms with Gasteiger partial charge in [0.2, 0.25) is 0 Å². The van der Waals surface area contributed by atoms with E-state index in [1.807, 2.05) is 19.1 Å². The highest BCUT2D eigenvalue weighted by atomic mass is 35.5. The van der Waals surface area contributed by atoms with Crippen molar-refractivity contribution in [2.45, 2.75) is 26.7 Å². The second kappa shape index (κ2) is 5.40. The summed E-state index contributed by atoms with van der Waals surface area (Å²) in [6, 6.07) is 7.89. The third-order valence-corrected chi connectivity index (χ3v) is 3.29. The van der Waals surface area contributed by atoms with E-state index in [4.69, 9.17) is 16.3 Å². The van der Waals surface area contributed by atoms with Crippen LogP contribution in [-0.2, 0) is 5.88 Å². The van der Waals surface area contributed by atoms with E-state index >= 15 is 0 Å². The Labute approximate surface area is 113 Å². The molecule has 2 aromatic rings. The molecule has 0 atom stereocenters. The molecule has 0 radical (unpaired) electrons. The summed E-state index contributed by atoms with van der Waals surface area (Å²) in [6.45, 7) is 6.20. The second-order valence-electron chi connectivity index (χ2n) is 4.37. The zero-order chi connectivity index (χ0) is 13.1. The van der Waals surface area contributed by atoms with Gasteiger partial charge in [-0.15, -0.1) is 11.6 Å². The molecule has 0 saturated carbocycles. The fourth-order valence-corrected chi connectivity index (χ4v) is 1.94. The standard InChI is InChI=1S/C15H16ClNO/c1-10-4-5-11(2)15(12(10)3)18-14-6-7-17-13(8-14)9-16/h4-8H,9H2,1-3H3. The molecule has 0 N–H and O–H groups in total. The van der Waals surface area contributed by atoms with Gasteiger partial charge in [-0.05, 0) is 43.5 Å². The maximum absolute atomic E-state index is 5.96. The van der Waals surface area contributed by atoms with E-state index in [-0.39, 0.29) is 0 Å². The number of ether oxygens (including phenoxy) is 1. The number of nitrogens with zero attached hydrogens (tertiary/aromatic N) is 1. The first-order chi connectivity index (χ1) is 8.61. The molecule has 18 heavy (non-hydrogen) atoms. The van der Waals surface area contributed by atoms with E-state index in [9.17, 15) is 0 Å². The Bertz CT molecular complexity index is 566. The van der Waals surface area contributed by atoms with Gasteiger partial charge in [0.15, 0.2) is 0 Å². The average molecular weight is 262 g/mol. The topological polar surface area (TPSA) is 22.1 Å². The van der Waals surface area contributed by atoms with Crippen LogP contribution in [0.15, 0.2) is 30.5 Å². The average Bonchev–Trinajstić information content (AvgIpc) is 2.39. The molecule has 3 heteroatoms. The van der Waals surface area contributed by atoms with Crippen LogP contribution in [0.1, 0.15) is 22.4 Å². The predicted molar refractivity (Wildman–Crippen MR) is 74.5 cm³/mol. The summed E-state index contributed by atoms with van der Waals surface area (Å²) in [5.41, 5.74) is 4.33. The smallest absolute Gasteiger partial charge is 0.133 e. The molecule has 2 rings (SSSR count). The number of aryl methyl sites for hydroxylation is 2. The summed E-state index contributed by atoms with van der Waals surface area (Å²) in [5, 5.41) is 0.